The Bertz CT molecular complexity index is 811. The summed E-state index contributed by atoms with van der Waals surface area (Å²) in [5.41, 5.74) is 3.17. The second-order valence-corrected chi connectivity index (χ2v) is 5.99. The van der Waals surface area contributed by atoms with Crippen LogP contribution in [-0.2, 0) is 11.2 Å². The zero-order valence-corrected chi connectivity index (χ0v) is 13.7. The van der Waals surface area contributed by atoms with Gasteiger partial charge in [0.2, 0.25) is 0 Å². The van der Waals surface area contributed by atoms with Crippen molar-refractivity contribution in [1.82, 2.24) is 10.3 Å². The van der Waals surface area contributed by atoms with E-state index in [4.69, 9.17) is 0 Å². The fourth-order valence-electron chi connectivity index (χ4n) is 3.12. The summed E-state index contributed by atoms with van der Waals surface area (Å²) in [6.07, 6.45) is 3.19. The van der Waals surface area contributed by atoms with Crippen LogP contribution in [0.2, 0.25) is 0 Å². The van der Waals surface area contributed by atoms with Gasteiger partial charge in [-0.15, -0.1) is 0 Å². The highest BCUT2D eigenvalue weighted by Crippen LogP contribution is 2.21. The third-order valence-corrected chi connectivity index (χ3v) is 4.41. The van der Waals surface area contributed by atoms with Crippen molar-refractivity contribution in [3.63, 3.8) is 0 Å². The average molecular weight is 322 g/mol. The summed E-state index contributed by atoms with van der Waals surface area (Å²) in [7, 11) is 0. The standard InChI is InChI=1S/C20H22N2O2/c1-2-17(14-8-4-3-5-9-14)22-19(20(23)24)12-15-13-21-18-11-7-6-10-16(15)18/h3-11,13,17,19,21-22H,2,12H2,1H3,(H,23,24). The van der Waals surface area contributed by atoms with E-state index in [0.717, 1.165) is 28.5 Å². The quantitative estimate of drug-likeness (QED) is 0.618. The maximum absolute atomic E-state index is 11.8. The number of fused-ring (bicyclic) bond motifs is 1. The van der Waals surface area contributed by atoms with E-state index in [-0.39, 0.29) is 6.04 Å². The molecule has 1 heterocycles. The first-order valence-corrected chi connectivity index (χ1v) is 8.27. The predicted octanol–water partition coefficient (Wildman–Crippen LogP) is 3.90. The summed E-state index contributed by atoms with van der Waals surface area (Å²) >= 11 is 0. The van der Waals surface area contributed by atoms with Crippen LogP contribution in [0.25, 0.3) is 10.9 Å². The second kappa shape index (κ2) is 7.32. The minimum Gasteiger partial charge on any atom is -0.480 e. The third-order valence-electron chi connectivity index (χ3n) is 4.41. The fraction of sp³-hybridized carbons (Fsp3) is 0.250. The molecule has 1 aromatic heterocycles. The number of hydrogen-bond acceptors (Lipinski definition) is 2. The molecule has 3 aromatic rings. The molecule has 0 saturated carbocycles. The minimum absolute atomic E-state index is 0.0255. The van der Waals surface area contributed by atoms with Gasteiger partial charge in [-0.2, -0.15) is 0 Å². The zero-order chi connectivity index (χ0) is 16.9. The average Bonchev–Trinajstić information content (AvgIpc) is 3.02. The van der Waals surface area contributed by atoms with Crippen molar-refractivity contribution in [3.05, 3.63) is 71.9 Å². The van der Waals surface area contributed by atoms with Crippen molar-refractivity contribution in [1.29, 1.82) is 0 Å². The molecule has 4 nitrogen and oxygen atoms in total. The molecule has 0 radical (unpaired) electrons. The van der Waals surface area contributed by atoms with Crippen LogP contribution >= 0.6 is 0 Å². The maximum Gasteiger partial charge on any atom is 0.321 e. The number of carbonyl (C=O) groups is 1. The van der Waals surface area contributed by atoms with E-state index in [1.807, 2.05) is 60.8 Å². The van der Waals surface area contributed by atoms with Crippen molar-refractivity contribution in [2.24, 2.45) is 0 Å². The molecule has 0 aliphatic rings. The van der Waals surface area contributed by atoms with Gasteiger partial charge in [0.25, 0.3) is 0 Å². The first kappa shape index (κ1) is 16.3. The van der Waals surface area contributed by atoms with Crippen LogP contribution < -0.4 is 5.32 Å². The highest BCUT2D eigenvalue weighted by atomic mass is 16.4. The second-order valence-electron chi connectivity index (χ2n) is 5.99. The number of aromatic amines is 1. The van der Waals surface area contributed by atoms with E-state index in [1.54, 1.807) is 0 Å². The van der Waals surface area contributed by atoms with Gasteiger partial charge >= 0.3 is 5.97 Å². The van der Waals surface area contributed by atoms with Gasteiger partial charge < -0.3 is 10.1 Å². The van der Waals surface area contributed by atoms with Crippen molar-refractivity contribution in [2.45, 2.75) is 31.8 Å². The largest absolute Gasteiger partial charge is 0.480 e. The Morgan fingerprint density at radius 2 is 1.83 bits per heavy atom. The predicted molar refractivity (Wildman–Crippen MR) is 96.0 cm³/mol. The van der Waals surface area contributed by atoms with Gasteiger partial charge in [-0.05, 0) is 23.6 Å². The summed E-state index contributed by atoms with van der Waals surface area (Å²) in [4.78, 5) is 15.0. The van der Waals surface area contributed by atoms with Gasteiger partial charge in [0.1, 0.15) is 6.04 Å². The molecule has 4 heteroatoms. The number of aromatic nitrogens is 1. The van der Waals surface area contributed by atoms with Gasteiger partial charge in [-0.25, -0.2) is 0 Å². The number of carboxylic acid groups (broad SMARTS) is 1. The number of aliphatic carboxylic acids is 1. The summed E-state index contributed by atoms with van der Waals surface area (Å²) in [6, 6.07) is 17.4. The molecule has 0 fully saturated rings. The van der Waals surface area contributed by atoms with Gasteiger partial charge in [0.05, 0.1) is 0 Å². The Hall–Kier alpha value is -2.59. The van der Waals surface area contributed by atoms with Crippen LogP contribution in [0.15, 0.2) is 60.8 Å². The Morgan fingerprint density at radius 1 is 1.12 bits per heavy atom. The van der Waals surface area contributed by atoms with E-state index in [2.05, 4.69) is 17.2 Å². The highest BCUT2D eigenvalue weighted by molar-refractivity contribution is 5.84. The van der Waals surface area contributed by atoms with Gasteiger partial charge in [-0.3, -0.25) is 10.1 Å². The number of para-hydroxylation sites is 1. The normalized spacial score (nSPS) is 13.7. The summed E-state index contributed by atoms with van der Waals surface area (Å²) in [6.45, 7) is 2.06. The molecule has 0 spiro atoms. The molecule has 3 rings (SSSR count). The lowest BCUT2D eigenvalue weighted by molar-refractivity contribution is -0.139. The smallest absolute Gasteiger partial charge is 0.321 e. The van der Waals surface area contributed by atoms with E-state index in [0.29, 0.717) is 6.42 Å². The topological polar surface area (TPSA) is 65.1 Å². The lowest BCUT2D eigenvalue weighted by Crippen LogP contribution is -2.40. The summed E-state index contributed by atoms with van der Waals surface area (Å²) in [5, 5.41) is 14.1. The number of benzene rings is 2. The molecule has 2 aromatic carbocycles. The van der Waals surface area contributed by atoms with Crippen LogP contribution in [-0.4, -0.2) is 22.1 Å². The lowest BCUT2D eigenvalue weighted by Gasteiger charge is -2.22. The van der Waals surface area contributed by atoms with E-state index < -0.39 is 12.0 Å². The van der Waals surface area contributed by atoms with Crippen molar-refractivity contribution in [2.75, 3.05) is 0 Å². The lowest BCUT2D eigenvalue weighted by atomic mass is 10.0. The van der Waals surface area contributed by atoms with Crippen LogP contribution in [0.5, 0.6) is 0 Å². The van der Waals surface area contributed by atoms with Gasteiger partial charge in [-0.1, -0.05) is 55.5 Å². The minimum atomic E-state index is -0.824. The molecule has 0 aliphatic heterocycles. The Labute approximate surface area is 141 Å². The Kier molecular flexibility index (Phi) is 4.96. The number of rotatable bonds is 7. The third kappa shape index (κ3) is 3.49. The molecule has 0 aliphatic carbocycles. The highest BCUT2D eigenvalue weighted by Gasteiger charge is 2.23. The van der Waals surface area contributed by atoms with Crippen molar-refractivity contribution >= 4 is 16.9 Å². The molecule has 0 bridgehead atoms. The number of carboxylic acids is 1. The van der Waals surface area contributed by atoms with Crippen LogP contribution in [0.4, 0.5) is 0 Å². The van der Waals surface area contributed by atoms with E-state index in [9.17, 15) is 9.90 Å². The molecule has 0 saturated heterocycles. The first-order chi connectivity index (χ1) is 11.7. The molecule has 2 unspecified atom stereocenters. The van der Waals surface area contributed by atoms with Gasteiger partial charge in [0, 0.05) is 29.6 Å². The van der Waals surface area contributed by atoms with Crippen molar-refractivity contribution in [3.8, 4) is 0 Å². The summed E-state index contributed by atoms with van der Waals surface area (Å²) < 4.78 is 0. The number of hydrogen-bond donors (Lipinski definition) is 3. The van der Waals surface area contributed by atoms with Crippen LogP contribution in [0.1, 0.15) is 30.5 Å². The molecule has 0 amide bonds. The van der Waals surface area contributed by atoms with E-state index in [1.165, 1.54) is 0 Å². The molecule has 124 valence electrons. The Morgan fingerprint density at radius 3 is 2.54 bits per heavy atom. The maximum atomic E-state index is 11.8. The molecule has 3 N–H and O–H groups in total. The molecule has 2 atom stereocenters. The monoisotopic (exact) mass is 322 g/mol. The number of nitrogens with one attached hydrogen (secondary N) is 2. The molecule has 24 heavy (non-hydrogen) atoms. The van der Waals surface area contributed by atoms with Crippen LogP contribution in [0, 0.1) is 0 Å². The summed E-state index contributed by atoms with van der Waals surface area (Å²) in [5.74, 6) is -0.824. The molecular weight excluding hydrogens is 300 g/mol. The SMILES string of the molecule is CCC(NC(Cc1c[nH]c2ccccc12)C(=O)O)c1ccccc1. The molecular formula is C20H22N2O2. The van der Waals surface area contributed by atoms with Crippen molar-refractivity contribution < 1.29 is 9.90 Å². The van der Waals surface area contributed by atoms with Gasteiger partial charge in [0.15, 0.2) is 0 Å². The van der Waals surface area contributed by atoms with Crippen LogP contribution in [0.3, 0.4) is 0 Å². The van der Waals surface area contributed by atoms with E-state index >= 15 is 0 Å². The zero-order valence-electron chi connectivity index (χ0n) is 13.7. The first-order valence-electron chi connectivity index (χ1n) is 8.27. The number of H-pyrrole nitrogens is 1. The Balaban J connectivity index is 1.81. The fourth-order valence-corrected chi connectivity index (χ4v) is 3.12.